The lowest BCUT2D eigenvalue weighted by Gasteiger charge is -2.35. The topological polar surface area (TPSA) is 114 Å². The van der Waals surface area contributed by atoms with Gasteiger partial charge in [-0.15, -0.1) is 0 Å². The molecule has 2 aliphatic rings. The number of nitrogens with zero attached hydrogens (tertiary/aromatic N) is 3. The summed E-state index contributed by atoms with van der Waals surface area (Å²) in [7, 11) is 2.07. The Balaban J connectivity index is 0.000000788. The Bertz CT molecular complexity index is 1280. The fourth-order valence-electron chi connectivity index (χ4n) is 5.27. The average molecular weight is 579 g/mol. The molecule has 0 saturated carbocycles. The molecule has 0 amide bonds. The van der Waals surface area contributed by atoms with E-state index in [9.17, 15) is 19.2 Å². The monoisotopic (exact) mass is 578 g/mol. The SMILES string of the molecule is CC(C)(C)CCCNc1c(N2CCNCC2)c(=O)c1=O.CN1CCN(c2c(NCCCC(C)(C)C)c(=O)c2=O)CC1.[HH].[HH].[HH]. The number of rotatable bonds is 10. The first-order valence-corrected chi connectivity index (χ1v) is 15.2. The molecule has 0 aliphatic carbocycles. The quantitative estimate of drug-likeness (QED) is 0.287. The van der Waals surface area contributed by atoms with Crippen molar-refractivity contribution in [3.63, 3.8) is 0 Å². The van der Waals surface area contributed by atoms with Gasteiger partial charge in [0.05, 0.1) is 0 Å². The summed E-state index contributed by atoms with van der Waals surface area (Å²) in [6, 6.07) is 0. The molecule has 0 radical (unpaired) electrons. The molecule has 41 heavy (non-hydrogen) atoms. The van der Waals surface area contributed by atoms with Gasteiger partial charge >= 0.3 is 0 Å². The lowest BCUT2D eigenvalue weighted by molar-refractivity contribution is 0.312. The summed E-state index contributed by atoms with van der Waals surface area (Å²) in [5.74, 6) is 0. The predicted molar refractivity (Wildman–Crippen MR) is 178 cm³/mol. The number of likely N-dealkylation sites (N-methyl/N-ethyl adjacent to an activating group) is 1. The van der Waals surface area contributed by atoms with Crippen molar-refractivity contribution in [3.8, 4) is 0 Å². The highest BCUT2D eigenvalue weighted by molar-refractivity contribution is 5.76. The van der Waals surface area contributed by atoms with Crippen molar-refractivity contribution in [3.05, 3.63) is 40.9 Å². The van der Waals surface area contributed by atoms with Gasteiger partial charge in [-0.1, -0.05) is 41.5 Å². The highest BCUT2D eigenvalue weighted by atomic mass is 16.2. The Hall–Kier alpha value is -2.72. The third kappa shape index (κ3) is 9.13. The van der Waals surface area contributed by atoms with Gasteiger partial charge in [-0.25, -0.2) is 0 Å². The Kier molecular flexibility index (Phi) is 11.2. The van der Waals surface area contributed by atoms with Crippen LogP contribution in [0.25, 0.3) is 0 Å². The molecule has 2 aliphatic heterocycles. The van der Waals surface area contributed by atoms with E-state index in [-0.39, 0.29) is 26.0 Å². The molecule has 0 spiro atoms. The summed E-state index contributed by atoms with van der Waals surface area (Å²) < 4.78 is 0. The van der Waals surface area contributed by atoms with E-state index >= 15 is 0 Å². The van der Waals surface area contributed by atoms with Gasteiger partial charge in [-0.05, 0) is 43.6 Å². The second kappa shape index (κ2) is 14.0. The normalized spacial score (nSPS) is 17.0. The van der Waals surface area contributed by atoms with Crippen LogP contribution in [0.4, 0.5) is 22.7 Å². The van der Waals surface area contributed by atoms with Crippen LogP contribution in [0.2, 0.25) is 0 Å². The zero-order valence-corrected chi connectivity index (χ0v) is 26.4. The molecular formula is C31H58N6O4. The predicted octanol–water partition coefficient (Wildman–Crippen LogP) is 2.94. The summed E-state index contributed by atoms with van der Waals surface area (Å²) in [4.78, 5) is 53.4. The highest BCUT2D eigenvalue weighted by Gasteiger charge is 2.28. The summed E-state index contributed by atoms with van der Waals surface area (Å²) in [5, 5.41) is 9.60. The van der Waals surface area contributed by atoms with E-state index in [4.69, 9.17) is 0 Å². The van der Waals surface area contributed by atoms with Crippen LogP contribution in [0.5, 0.6) is 0 Å². The maximum absolute atomic E-state index is 11.8. The van der Waals surface area contributed by atoms with Gasteiger partial charge in [-0.3, -0.25) is 19.2 Å². The zero-order chi connectivity index (χ0) is 30.4. The van der Waals surface area contributed by atoms with E-state index < -0.39 is 0 Å². The molecule has 0 aromatic heterocycles. The van der Waals surface area contributed by atoms with Crippen molar-refractivity contribution in [1.29, 1.82) is 0 Å². The largest absolute Gasteiger partial charge is 0.380 e. The fraction of sp³-hybridized carbons (Fsp3) is 0.742. The van der Waals surface area contributed by atoms with Gasteiger partial charge in [0.15, 0.2) is 0 Å². The Morgan fingerprint density at radius 3 is 1.41 bits per heavy atom. The van der Waals surface area contributed by atoms with Crippen LogP contribution in [0.15, 0.2) is 19.2 Å². The number of anilines is 4. The van der Waals surface area contributed by atoms with Crippen molar-refractivity contribution in [2.24, 2.45) is 10.8 Å². The van der Waals surface area contributed by atoms with Crippen molar-refractivity contribution >= 4 is 22.7 Å². The Morgan fingerprint density at radius 2 is 1.02 bits per heavy atom. The number of hydrogen-bond donors (Lipinski definition) is 3. The van der Waals surface area contributed by atoms with Gasteiger partial charge in [0.25, 0.3) is 21.7 Å². The third-order valence-corrected chi connectivity index (χ3v) is 7.83. The van der Waals surface area contributed by atoms with Crippen molar-refractivity contribution in [2.75, 3.05) is 92.9 Å². The molecule has 0 bridgehead atoms. The summed E-state index contributed by atoms with van der Waals surface area (Å²) >= 11 is 0. The summed E-state index contributed by atoms with van der Waals surface area (Å²) in [6.45, 7) is 21.6. The first-order chi connectivity index (χ1) is 19.2. The fourth-order valence-corrected chi connectivity index (χ4v) is 5.27. The number of piperazine rings is 2. The molecule has 2 aromatic carbocycles. The van der Waals surface area contributed by atoms with Crippen molar-refractivity contribution in [1.82, 2.24) is 10.2 Å². The van der Waals surface area contributed by atoms with Gasteiger partial charge in [0, 0.05) is 69.7 Å². The van der Waals surface area contributed by atoms with Crippen LogP contribution in [0, 0.1) is 10.8 Å². The molecule has 2 heterocycles. The number of hydrogen-bond acceptors (Lipinski definition) is 10. The molecule has 0 unspecified atom stereocenters. The standard InChI is InChI=1S/C16H27N3O2.C15H25N3O2.3H2/c1-16(2,3)6-5-7-17-12-13(15(21)14(12)20)19-10-8-18(4)9-11-19;1-15(2,3)5-4-6-17-11-12(14(20)13(11)19)18-9-7-16-8-10-18;;;/h17H,5-11H2,1-4H3;16-17H,4-10H2,1-3H3;3*1H. The summed E-state index contributed by atoms with van der Waals surface area (Å²) in [5.41, 5.74) is 1.55. The van der Waals surface area contributed by atoms with Gasteiger partial charge in [0.1, 0.15) is 22.7 Å². The van der Waals surface area contributed by atoms with Crippen LogP contribution in [-0.4, -0.2) is 77.4 Å². The van der Waals surface area contributed by atoms with Gasteiger partial charge in [-0.2, -0.15) is 0 Å². The van der Waals surface area contributed by atoms with Crippen molar-refractivity contribution in [2.45, 2.75) is 67.2 Å². The van der Waals surface area contributed by atoms with E-state index in [2.05, 4.69) is 74.3 Å². The van der Waals surface area contributed by atoms with Crippen molar-refractivity contribution < 1.29 is 4.28 Å². The number of nitrogens with one attached hydrogen (secondary N) is 3. The van der Waals surface area contributed by atoms with Gasteiger partial charge < -0.3 is 30.7 Å². The smallest absolute Gasteiger partial charge is 0.253 e. The minimum Gasteiger partial charge on any atom is -0.380 e. The van der Waals surface area contributed by atoms with Crippen LogP contribution in [0.1, 0.15) is 71.5 Å². The van der Waals surface area contributed by atoms with Crippen LogP contribution in [-0.2, 0) is 0 Å². The lowest BCUT2D eigenvalue weighted by atomic mass is 9.90. The molecule has 10 nitrogen and oxygen atoms in total. The highest BCUT2D eigenvalue weighted by Crippen LogP contribution is 2.24. The molecule has 0 atom stereocenters. The van der Waals surface area contributed by atoms with E-state index in [0.29, 0.717) is 33.6 Å². The Morgan fingerprint density at radius 1 is 0.634 bits per heavy atom. The molecule has 3 N–H and O–H groups in total. The molecule has 236 valence electrons. The summed E-state index contributed by atoms with van der Waals surface area (Å²) in [6.07, 6.45) is 4.20. The van der Waals surface area contributed by atoms with E-state index in [1.54, 1.807) is 0 Å². The molecule has 2 aromatic rings. The molecular weight excluding hydrogens is 520 g/mol. The van der Waals surface area contributed by atoms with Crippen LogP contribution in [0.3, 0.4) is 0 Å². The second-order valence-corrected chi connectivity index (χ2v) is 14.0. The van der Waals surface area contributed by atoms with E-state index in [1.807, 2.05) is 4.90 Å². The molecule has 4 rings (SSSR count). The maximum atomic E-state index is 11.8. The first-order valence-electron chi connectivity index (χ1n) is 15.2. The minimum atomic E-state index is -0.353. The molecule has 2 saturated heterocycles. The first kappa shape index (κ1) is 32.8. The van der Waals surface area contributed by atoms with Crippen LogP contribution < -0.4 is 47.5 Å². The molecule has 10 heteroatoms. The second-order valence-electron chi connectivity index (χ2n) is 14.0. The lowest BCUT2D eigenvalue weighted by Crippen LogP contribution is -2.50. The third-order valence-electron chi connectivity index (χ3n) is 7.83. The van der Waals surface area contributed by atoms with E-state index in [0.717, 1.165) is 91.1 Å². The zero-order valence-electron chi connectivity index (χ0n) is 26.4. The van der Waals surface area contributed by atoms with Crippen LogP contribution >= 0.6 is 0 Å². The average Bonchev–Trinajstić information content (AvgIpc) is 2.91. The minimum absolute atomic E-state index is 0. The van der Waals surface area contributed by atoms with Gasteiger partial charge in [0.2, 0.25) is 0 Å². The van der Waals surface area contributed by atoms with E-state index in [1.165, 1.54) is 0 Å². The maximum Gasteiger partial charge on any atom is 0.253 e. The Labute approximate surface area is 249 Å². The molecule has 2 fully saturated rings.